The molecule has 2 amide bonds. The van der Waals surface area contributed by atoms with Gasteiger partial charge in [-0.15, -0.1) is 0 Å². The van der Waals surface area contributed by atoms with Gasteiger partial charge in [0.15, 0.2) is 5.17 Å². The number of aryl methyl sites for hydroxylation is 2. The summed E-state index contributed by atoms with van der Waals surface area (Å²) >= 11 is 6.87. The first-order valence-corrected chi connectivity index (χ1v) is 12.3. The number of halogens is 2. The van der Waals surface area contributed by atoms with Crippen molar-refractivity contribution in [2.24, 2.45) is 4.99 Å². The number of amidine groups is 1. The first-order valence-electron chi connectivity index (χ1n) is 11.0. The van der Waals surface area contributed by atoms with Crippen molar-refractivity contribution in [3.8, 4) is 5.75 Å². The smallest absolute Gasteiger partial charge is 0.283 e. The van der Waals surface area contributed by atoms with E-state index in [1.165, 1.54) is 17.0 Å². The van der Waals surface area contributed by atoms with Crippen LogP contribution in [0.4, 0.5) is 15.8 Å². The van der Waals surface area contributed by atoms with E-state index in [4.69, 9.17) is 16.3 Å². The molecule has 0 aliphatic carbocycles. The van der Waals surface area contributed by atoms with Crippen LogP contribution in [0.5, 0.6) is 5.75 Å². The highest BCUT2D eigenvalue weighted by atomic mass is 35.5. The van der Waals surface area contributed by atoms with E-state index < -0.39 is 11.7 Å². The Bertz CT molecular complexity index is 1370. The zero-order valence-electron chi connectivity index (χ0n) is 19.8. The third kappa shape index (κ3) is 5.95. The second-order valence-corrected chi connectivity index (χ2v) is 9.52. The number of aliphatic imine (C=N–C) groups is 1. The summed E-state index contributed by atoms with van der Waals surface area (Å²) in [4.78, 5) is 32.0. The third-order valence-electron chi connectivity index (χ3n) is 5.25. The van der Waals surface area contributed by atoms with Crippen molar-refractivity contribution in [2.75, 3.05) is 23.1 Å². The molecule has 0 fully saturated rings. The summed E-state index contributed by atoms with van der Waals surface area (Å²) in [6, 6.07) is 17.1. The number of anilines is 2. The maximum absolute atomic E-state index is 14.1. The van der Waals surface area contributed by atoms with Crippen molar-refractivity contribution in [1.82, 2.24) is 0 Å². The van der Waals surface area contributed by atoms with Gasteiger partial charge in [-0.25, -0.2) is 9.38 Å². The number of methoxy groups -OCH3 is 1. The van der Waals surface area contributed by atoms with E-state index >= 15 is 0 Å². The highest BCUT2D eigenvalue weighted by molar-refractivity contribution is 8.14. The van der Waals surface area contributed by atoms with Gasteiger partial charge < -0.3 is 10.1 Å². The van der Waals surface area contributed by atoms with Gasteiger partial charge in [-0.05, 0) is 79.1 Å². The first-order chi connectivity index (χ1) is 17.2. The number of nitrogens with one attached hydrogen (secondary N) is 1. The van der Waals surface area contributed by atoms with Gasteiger partial charge in [0.05, 0.1) is 24.2 Å². The molecule has 0 unspecified atom stereocenters. The van der Waals surface area contributed by atoms with Crippen molar-refractivity contribution in [3.63, 3.8) is 0 Å². The lowest BCUT2D eigenvalue weighted by Crippen LogP contribution is -2.31. The maximum Gasteiger partial charge on any atom is 0.283 e. The van der Waals surface area contributed by atoms with E-state index in [0.29, 0.717) is 16.6 Å². The predicted octanol–water partition coefficient (Wildman–Crippen LogP) is 6.22. The molecule has 3 aromatic rings. The monoisotopic (exact) mass is 523 g/mol. The number of benzene rings is 3. The SMILES string of the molecule is COc1ccc(/C=C2\N=C(SCC(=O)Nc3ccc(Cl)cc3F)N(c3cc(C)cc(C)c3)C2=O)cc1. The lowest BCUT2D eigenvalue weighted by Gasteiger charge is -2.19. The lowest BCUT2D eigenvalue weighted by atomic mass is 10.1. The van der Waals surface area contributed by atoms with Gasteiger partial charge >= 0.3 is 0 Å². The summed E-state index contributed by atoms with van der Waals surface area (Å²) in [7, 11) is 1.58. The summed E-state index contributed by atoms with van der Waals surface area (Å²) in [6.45, 7) is 3.90. The van der Waals surface area contributed by atoms with Crippen LogP contribution in [-0.4, -0.2) is 29.8 Å². The van der Waals surface area contributed by atoms with E-state index in [1.807, 2.05) is 44.2 Å². The molecule has 184 valence electrons. The van der Waals surface area contributed by atoms with E-state index in [0.717, 1.165) is 34.5 Å². The Morgan fingerprint density at radius 3 is 2.44 bits per heavy atom. The first kappa shape index (κ1) is 25.5. The molecule has 4 rings (SSSR count). The van der Waals surface area contributed by atoms with Crippen molar-refractivity contribution in [2.45, 2.75) is 13.8 Å². The molecule has 0 atom stereocenters. The number of nitrogens with zero attached hydrogens (tertiary/aromatic N) is 2. The Hall–Kier alpha value is -3.62. The van der Waals surface area contributed by atoms with Crippen molar-refractivity contribution in [1.29, 1.82) is 0 Å². The summed E-state index contributed by atoms with van der Waals surface area (Å²) < 4.78 is 19.3. The summed E-state index contributed by atoms with van der Waals surface area (Å²) in [6.07, 6.45) is 1.69. The molecule has 1 aliphatic rings. The van der Waals surface area contributed by atoms with Crippen LogP contribution in [0.25, 0.3) is 6.08 Å². The zero-order chi connectivity index (χ0) is 25.8. The summed E-state index contributed by atoms with van der Waals surface area (Å²) in [5.74, 6) is -0.747. The predicted molar refractivity (Wildman–Crippen MR) is 144 cm³/mol. The van der Waals surface area contributed by atoms with Crippen molar-refractivity contribution >= 4 is 57.8 Å². The topological polar surface area (TPSA) is 71.0 Å². The number of rotatable bonds is 6. The normalized spacial score (nSPS) is 14.2. The fraction of sp³-hybridized carbons (Fsp3) is 0.148. The fourth-order valence-corrected chi connectivity index (χ4v) is 4.64. The third-order valence-corrected chi connectivity index (χ3v) is 6.42. The standard InChI is InChI=1S/C27H23ClFN3O3S/c1-16-10-17(2)12-20(11-16)32-26(34)24(13-18-4-7-21(35-3)8-5-18)31-27(32)36-15-25(33)30-23-9-6-19(28)14-22(23)29/h4-14H,15H2,1-3H3,(H,30,33)/b24-13-. The average Bonchev–Trinajstić information content (AvgIpc) is 3.14. The van der Waals surface area contributed by atoms with Crippen LogP contribution < -0.4 is 15.0 Å². The van der Waals surface area contributed by atoms with Gasteiger partial charge in [0.2, 0.25) is 5.91 Å². The Morgan fingerprint density at radius 1 is 1.11 bits per heavy atom. The van der Waals surface area contributed by atoms with Crippen LogP contribution >= 0.6 is 23.4 Å². The molecule has 0 spiro atoms. The van der Waals surface area contributed by atoms with E-state index in [1.54, 1.807) is 25.3 Å². The number of ether oxygens (including phenoxy) is 1. The van der Waals surface area contributed by atoms with Gasteiger partial charge in [-0.1, -0.05) is 41.6 Å². The second kappa shape index (κ2) is 11.0. The largest absolute Gasteiger partial charge is 0.497 e. The minimum Gasteiger partial charge on any atom is -0.497 e. The van der Waals surface area contributed by atoms with Crippen LogP contribution in [0.2, 0.25) is 5.02 Å². The van der Waals surface area contributed by atoms with Gasteiger partial charge in [0.25, 0.3) is 5.91 Å². The molecule has 0 saturated carbocycles. The van der Waals surface area contributed by atoms with Gasteiger partial charge in [-0.3, -0.25) is 14.5 Å². The molecular weight excluding hydrogens is 501 g/mol. The van der Waals surface area contributed by atoms with Crippen LogP contribution in [0.3, 0.4) is 0 Å². The van der Waals surface area contributed by atoms with Crippen molar-refractivity contribution in [3.05, 3.63) is 93.9 Å². The highest BCUT2D eigenvalue weighted by Crippen LogP contribution is 2.31. The molecule has 1 heterocycles. The number of hydrogen-bond donors (Lipinski definition) is 1. The van der Waals surface area contributed by atoms with Crippen LogP contribution in [0.1, 0.15) is 16.7 Å². The lowest BCUT2D eigenvalue weighted by molar-refractivity contribution is -0.114. The number of thioether (sulfide) groups is 1. The average molecular weight is 524 g/mol. The molecule has 0 bridgehead atoms. The fourth-order valence-electron chi connectivity index (χ4n) is 3.67. The Morgan fingerprint density at radius 2 is 1.81 bits per heavy atom. The van der Waals surface area contributed by atoms with E-state index in [-0.39, 0.29) is 28.1 Å². The van der Waals surface area contributed by atoms with Gasteiger partial charge in [-0.2, -0.15) is 0 Å². The van der Waals surface area contributed by atoms with Gasteiger partial charge in [0.1, 0.15) is 17.3 Å². The van der Waals surface area contributed by atoms with E-state index in [2.05, 4.69) is 10.3 Å². The molecule has 0 radical (unpaired) electrons. The van der Waals surface area contributed by atoms with Crippen LogP contribution in [0, 0.1) is 19.7 Å². The summed E-state index contributed by atoms with van der Waals surface area (Å²) in [5, 5.41) is 3.12. The van der Waals surface area contributed by atoms with Crippen molar-refractivity contribution < 1.29 is 18.7 Å². The maximum atomic E-state index is 14.1. The molecule has 1 aliphatic heterocycles. The van der Waals surface area contributed by atoms with E-state index in [9.17, 15) is 14.0 Å². The zero-order valence-corrected chi connectivity index (χ0v) is 21.4. The highest BCUT2D eigenvalue weighted by Gasteiger charge is 2.32. The molecule has 3 aromatic carbocycles. The Balaban J connectivity index is 1.60. The van der Waals surface area contributed by atoms with Gasteiger partial charge in [0, 0.05) is 5.02 Å². The number of hydrogen-bond acceptors (Lipinski definition) is 5. The quantitative estimate of drug-likeness (QED) is 0.389. The molecular formula is C27H23ClFN3O3S. The summed E-state index contributed by atoms with van der Waals surface area (Å²) in [5.41, 5.74) is 3.69. The number of carbonyl (C=O) groups is 2. The minimum atomic E-state index is -0.629. The molecule has 36 heavy (non-hydrogen) atoms. The Kier molecular flexibility index (Phi) is 7.76. The van der Waals surface area contributed by atoms with Crippen LogP contribution in [-0.2, 0) is 9.59 Å². The number of amides is 2. The second-order valence-electron chi connectivity index (χ2n) is 8.14. The molecule has 0 saturated heterocycles. The number of carbonyl (C=O) groups excluding carboxylic acids is 2. The molecule has 0 aromatic heterocycles. The molecule has 9 heteroatoms. The minimum absolute atomic E-state index is 0.0284. The Labute approximate surface area is 217 Å². The molecule has 6 nitrogen and oxygen atoms in total. The molecule has 1 N–H and O–H groups in total. The van der Waals surface area contributed by atoms with Crippen LogP contribution in [0.15, 0.2) is 71.4 Å².